The van der Waals surface area contributed by atoms with Gasteiger partial charge in [0.2, 0.25) is 5.91 Å². The maximum absolute atomic E-state index is 12.9. The van der Waals surface area contributed by atoms with E-state index < -0.39 is 17.5 Å². The number of hydrogen-bond donors (Lipinski definition) is 2. The Morgan fingerprint density at radius 2 is 2.04 bits per heavy atom. The summed E-state index contributed by atoms with van der Waals surface area (Å²) in [6.07, 6.45) is 4.47. The first-order valence-corrected chi connectivity index (χ1v) is 9.55. The highest BCUT2D eigenvalue weighted by molar-refractivity contribution is 6.32. The lowest BCUT2D eigenvalue weighted by Crippen LogP contribution is -2.51. The third-order valence-electron chi connectivity index (χ3n) is 5.64. The summed E-state index contributed by atoms with van der Waals surface area (Å²) in [5, 5.41) is 5.58. The molecule has 3 rings (SSSR count). The molecule has 0 aromatic carbocycles. The first-order chi connectivity index (χ1) is 12.6. The summed E-state index contributed by atoms with van der Waals surface area (Å²) in [7, 11) is 0. The molecule has 27 heavy (non-hydrogen) atoms. The zero-order chi connectivity index (χ0) is 19.8. The van der Waals surface area contributed by atoms with Crippen molar-refractivity contribution in [2.75, 3.05) is 11.9 Å². The van der Waals surface area contributed by atoms with Crippen molar-refractivity contribution in [2.24, 2.45) is 11.3 Å². The second-order valence-corrected chi connectivity index (χ2v) is 8.79. The van der Waals surface area contributed by atoms with E-state index in [1.54, 1.807) is 12.1 Å². The molecule has 2 aliphatic rings. The topological polar surface area (TPSA) is 91.4 Å². The molecule has 1 aromatic heterocycles. The number of carbonyl (C=O) groups excluding carboxylic acids is 3. The Labute approximate surface area is 163 Å². The molecule has 1 aromatic rings. The Morgan fingerprint density at radius 3 is 2.63 bits per heavy atom. The van der Waals surface area contributed by atoms with E-state index in [1.165, 1.54) is 6.20 Å². The molecule has 2 fully saturated rings. The molecule has 146 valence electrons. The van der Waals surface area contributed by atoms with E-state index in [2.05, 4.69) is 36.4 Å². The second-order valence-electron chi connectivity index (χ2n) is 8.43. The molecule has 7 nitrogen and oxygen atoms in total. The van der Waals surface area contributed by atoms with Crippen molar-refractivity contribution in [1.29, 1.82) is 0 Å². The summed E-state index contributed by atoms with van der Waals surface area (Å²) < 4.78 is 0. The van der Waals surface area contributed by atoms with Gasteiger partial charge in [-0.05, 0) is 49.1 Å². The SMILES string of the molecule is CC(C)(C)C1CCC2(CC1)NC(=O)N(CC(=O)Nc1cccnc1Cl)C2=O. The van der Waals surface area contributed by atoms with Gasteiger partial charge in [-0.1, -0.05) is 32.4 Å². The first kappa shape index (κ1) is 19.6. The highest BCUT2D eigenvalue weighted by atomic mass is 35.5. The molecule has 0 atom stereocenters. The van der Waals surface area contributed by atoms with Gasteiger partial charge in [-0.3, -0.25) is 14.5 Å². The standard InChI is InChI=1S/C19H25ClN4O3/c1-18(2,3)12-6-8-19(9-7-12)16(26)24(17(27)23-19)11-14(25)22-13-5-4-10-21-15(13)20/h4-5,10,12H,6-9,11H2,1-3H3,(H,22,25)(H,23,27). The molecule has 1 aliphatic carbocycles. The van der Waals surface area contributed by atoms with Crippen molar-refractivity contribution >= 4 is 35.1 Å². The molecule has 1 saturated carbocycles. The van der Waals surface area contributed by atoms with Crippen molar-refractivity contribution in [3.8, 4) is 0 Å². The maximum atomic E-state index is 12.9. The van der Waals surface area contributed by atoms with Crippen LogP contribution in [0.5, 0.6) is 0 Å². The lowest BCUT2D eigenvalue weighted by Gasteiger charge is -2.40. The Morgan fingerprint density at radius 1 is 1.37 bits per heavy atom. The predicted octanol–water partition coefficient (Wildman–Crippen LogP) is 3.20. The van der Waals surface area contributed by atoms with Gasteiger partial charge in [0, 0.05) is 6.20 Å². The van der Waals surface area contributed by atoms with Gasteiger partial charge in [0.25, 0.3) is 5.91 Å². The number of carbonyl (C=O) groups is 3. The van der Waals surface area contributed by atoms with Gasteiger partial charge in [0.05, 0.1) is 5.69 Å². The van der Waals surface area contributed by atoms with Crippen LogP contribution in [0.15, 0.2) is 18.3 Å². The lowest BCUT2D eigenvalue weighted by atomic mass is 9.67. The Kier molecular flexibility index (Phi) is 5.16. The molecule has 8 heteroatoms. The number of nitrogens with one attached hydrogen (secondary N) is 2. The number of pyridine rings is 1. The molecule has 2 heterocycles. The van der Waals surface area contributed by atoms with Gasteiger partial charge in [-0.2, -0.15) is 0 Å². The number of rotatable bonds is 3. The van der Waals surface area contributed by atoms with E-state index in [1.807, 2.05) is 0 Å². The number of halogens is 1. The molecule has 0 unspecified atom stereocenters. The van der Waals surface area contributed by atoms with Crippen molar-refractivity contribution < 1.29 is 14.4 Å². The van der Waals surface area contributed by atoms with Crippen molar-refractivity contribution in [3.63, 3.8) is 0 Å². The van der Waals surface area contributed by atoms with Gasteiger partial charge in [0.1, 0.15) is 12.1 Å². The molecular weight excluding hydrogens is 368 g/mol. The fourth-order valence-corrected chi connectivity index (χ4v) is 4.11. The predicted molar refractivity (Wildman–Crippen MR) is 102 cm³/mol. The monoisotopic (exact) mass is 392 g/mol. The third-order valence-corrected chi connectivity index (χ3v) is 5.95. The first-order valence-electron chi connectivity index (χ1n) is 9.17. The van der Waals surface area contributed by atoms with Gasteiger partial charge in [0.15, 0.2) is 5.15 Å². The van der Waals surface area contributed by atoms with Crippen LogP contribution in [0.25, 0.3) is 0 Å². The fraction of sp³-hybridized carbons (Fsp3) is 0.579. The summed E-state index contributed by atoms with van der Waals surface area (Å²) in [4.78, 5) is 42.5. The summed E-state index contributed by atoms with van der Waals surface area (Å²) in [5.74, 6) is -0.293. The minimum absolute atomic E-state index is 0.153. The Bertz CT molecular complexity index is 766. The highest BCUT2D eigenvalue weighted by Gasteiger charge is 2.53. The summed E-state index contributed by atoms with van der Waals surface area (Å²) >= 11 is 5.92. The molecule has 0 bridgehead atoms. The van der Waals surface area contributed by atoms with Crippen LogP contribution in [0.3, 0.4) is 0 Å². The number of amides is 4. The van der Waals surface area contributed by atoms with Crippen LogP contribution in [0, 0.1) is 11.3 Å². The molecule has 1 aliphatic heterocycles. The summed E-state index contributed by atoms with van der Waals surface area (Å²) in [5.41, 5.74) is -0.349. The largest absolute Gasteiger partial charge is 0.325 e. The highest BCUT2D eigenvalue weighted by Crippen LogP contribution is 2.43. The van der Waals surface area contributed by atoms with E-state index in [0.29, 0.717) is 24.4 Å². The number of nitrogens with zero attached hydrogens (tertiary/aromatic N) is 2. The number of anilines is 1. The van der Waals surface area contributed by atoms with Crippen LogP contribution in [0.1, 0.15) is 46.5 Å². The maximum Gasteiger partial charge on any atom is 0.325 e. The van der Waals surface area contributed by atoms with E-state index in [0.717, 1.165) is 17.7 Å². The average Bonchev–Trinajstić information content (AvgIpc) is 2.81. The van der Waals surface area contributed by atoms with Crippen molar-refractivity contribution in [1.82, 2.24) is 15.2 Å². The van der Waals surface area contributed by atoms with E-state index in [4.69, 9.17) is 11.6 Å². The van der Waals surface area contributed by atoms with Gasteiger partial charge < -0.3 is 10.6 Å². The molecule has 2 N–H and O–H groups in total. The molecule has 1 spiro atoms. The van der Waals surface area contributed by atoms with Crippen molar-refractivity contribution in [3.05, 3.63) is 23.5 Å². The van der Waals surface area contributed by atoms with Crippen molar-refractivity contribution in [2.45, 2.75) is 52.0 Å². The van der Waals surface area contributed by atoms with Crippen LogP contribution < -0.4 is 10.6 Å². The molecule has 4 amide bonds. The molecule has 0 radical (unpaired) electrons. The van der Waals surface area contributed by atoms with E-state index >= 15 is 0 Å². The minimum Gasteiger partial charge on any atom is -0.323 e. The third kappa shape index (κ3) is 3.93. The number of urea groups is 1. The summed E-state index contributed by atoms with van der Waals surface area (Å²) in [6.45, 7) is 6.25. The minimum atomic E-state index is -0.870. The van der Waals surface area contributed by atoms with Gasteiger partial charge in [-0.15, -0.1) is 0 Å². The lowest BCUT2D eigenvalue weighted by molar-refractivity contribution is -0.135. The second kappa shape index (κ2) is 7.11. The van der Waals surface area contributed by atoms with Gasteiger partial charge in [-0.25, -0.2) is 9.78 Å². The van der Waals surface area contributed by atoms with E-state index in [-0.39, 0.29) is 23.0 Å². The normalized spacial score (nSPS) is 25.6. The molecular formula is C19H25ClN4O3. The number of aromatic nitrogens is 1. The fourth-order valence-electron chi connectivity index (χ4n) is 3.95. The number of hydrogen-bond acceptors (Lipinski definition) is 4. The average molecular weight is 393 g/mol. The smallest absolute Gasteiger partial charge is 0.323 e. The summed E-state index contributed by atoms with van der Waals surface area (Å²) in [6, 6.07) is 2.73. The van der Waals surface area contributed by atoms with Crippen LogP contribution in [0.4, 0.5) is 10.5 Å². The Hall–Kier alpha value is -2.15. The van der Waals surface area contributed by atoms with Crippen LogP contribution in [-0.2, 0) is 9.59 Å². The quantitative estimate of drug-likeness (QED) is 0.610. The van der Waals surface area contributed by atoms with E-state index in [9.17, 15) is 14.4 Å². The zero-order valence-electron chi connectivity index (χ0n) is 15.8. The van der Waals surface area contributed by atoms with Crippen LogP contribution in [-0.4, -0.2) is 39.8 Å². The number of imide groups is 1. The van der Waals surface area contributed by atoms with Crippen LogP contribution in [0.2, 0.25) is 5.15 Å². The molecule has 1 saturated heterocycles. The Balaban J connectivity index is 1.65. The van der Waals surface area contributed by atoms with Crippen LogP contribution >= 0.6 is 11.6 Å². The van der Waals surface area contributed by atoms with Gasteiger partial charge >= 0.3 is 6.03 Å². The zero-order valence-corrected chi connectivity index (χ0v) is 16.6.